The van der Waals surface area contributed by atoms with Crippen molar-refractivity contribution in [1.82, 2.24) is 0 Å². The van der Waals surface area contributed by atoms with Crippen LogP contribution in [0.2, 0.25) is 5.02 Å². The predicted octanol–water partition coefficient (Wildman–Crippen LogP) is 2.97. The Morgan fingerprint density at radius 1 is 1.30 bits per heavy atom. The molecular weight excluding hydrogens is 372 g/mol. The van der Waals surface area contributed by atoms with Crippen molar-refractivity contribution in [1.29, 1.82) is 0 Å². The van der Waals surface area contributed by atoms with Crippen LogP contribution in [-0.4, -0.2) is 35.5 Å². The van der Waals surface area contributed by atoms with Gasteiger partial charge in [-0.2, -0.15) is 0 Å². The Morgan fingerprint density at radius 2 is 2.04 bits per heavy atom. The van der Waals surface area contributed by atoms with Crippen molar-refractivity contribution in [2.24, 2.45) is 0 Å². The highest BCUT2D eigenvalue weighted by molar-refractivity contribution is 6.31. The van der Waals surface area contributed by atoms with Crippen molar-refractivity contribution in [3.05, 3.63) is 53.1 Å². The van der Waals surface area contributed by atoms with Crippen LogP contribution in [0.15, 0.2) is 42.5 Å². The maximum atomic E-state index is 12.7. The van der Waals surface area contributed by atoms with Gasteiger partial charge in [-0.3, -0.25) is 9.59 Å². The molecule has 2 aromatic carbocycles. The van der Waals surface area contributed by atoms with E-state index in [0.717, 1.165) is 0 Å². The molecule has 2 aromatic rings. The van der Waals surface area contributed by atoms with Crippen molar-refractivity contribution in [2.45, 2.75) is 19.4 Å². The summed E-state index contributed by atoms with van der Waals surface area (Å²) in [4.78, 5) is 38.3. The number of rotatable bonds is 3. The number of hydrogen-bond donors (Lipinski definition) is 2. The zero-order valence-corrected chi connectivity index (χ0v) is 15.2. The quantitative estimate of drug-likeness (QED) is 0.788. The fourth-order valence-corrected chi connectivity index (χ4v) is 3.09. The van der Waals surface area contributed by atoms with Gasteiger partial charge >= 0.3 is 5.97 Å². The molecule has 0 aromatic heterocycles. The largest absolute Gasteiger partial charge is 0.507 e. The first kappa shape index (κ1) is 18.7. The predicted molar refractivity (Wildman–Crippen MR) is 100 cm³/mol. The number of amides is 2. The van der Waals surface area contributed by atoms with Crippen molar-refractivity contribution in [2.75, 3.05) is 16.8 Å². The van der Waals surface area contributed by atoms with Gasteiger partial charge in [-0.05, 0) is 37.3 Å². The highest BCUT2D eigenvalue weighted by Crippen LogP contribution is 2.31. The summed E-state index contributed by atoms with van der Waals surface area (Å²) < 4.78 is 5.06. The number of esters is 1. The molecule has 3 rings (SSSR count). The molecule has 1 heterocycles. The Morgan fingerprint density at radius 3 is 2.81 bits per heavy atom. The smallest absolute Gasteiger partial charge is 0.342 e. The van der Waals surface area contributed by atoms with Crippen LogP contribution in [0.1, 0.15) is 23.7 Å². The molecule has 1 atom stereocenters. The van der Waals surface area contributed by atoms with E-state index in [2.05, 4.69) is 5.32 Å². The number of carbonyl (C=O) groups excluding carboxylic acids is 3. The number of benzene rings is 2. The number of aromatic hydroxyl groups is 1. The van der Waals surface area contributed by atoms with Gasteiger partial charge < -0.3 is 20.1 Å². The van der Waals surface area contributed by atoms with Crippen molar-refractivity contribution >= 4 is 40.8 Å². The molecule has 0 bridgehead atoms. The summed E-state index contributed by atoms with van der Waals surface area (Å²) in [6.45, 7) is 1.20. The second-order valence-corrected chi connectivity index (χ2v) is 6.56. The standard InChI is InChI=1S/C19H17ClN2O5/c1-11-8-17(24)21-14-4-2-3-5-15(14)22(11)18(25)10-27-19(26)13-9-12(20)6-7-16(13)23/h2-7,9,11,23H,8,10H2,1H3,(H,21,24)/t11-/m0/s1. The number of carbonyl (C=O) groups is 3. The van der Waals surface area contributed by atoms with E-state index in [0.29, 0.717) is 11.4 Å². The van der Waals surface area contributed by atoms with E-state index in [4.69, 9.17) is 16.3 Å². The van der Waals surface area contributed by atoms with E-state index in [9.17, 15) is 19.5 Å². The van der Waals surface area contributed by atoms with Gasteiger partial charge in [0.2, 0.25) is 5.91 Å². The molecule has 140 valence electrons. The van der Waals surface area contributed by atoms with E-state index in [1.165, 1.54) is 23.1 Å². The Labute approximate surface area is 160 Å². The van der Waals surface area contributed by atoms with Crippen LogP contribution in [0.5, 0.6) is 5.75 Å². The Bertz CT molecular complexity index is 915. The molecule has 2 amide bonds. The van der Waals surface area contributed by atoms with Crippen molar-refractivity contribution < 1.29 is 24.2 Å². The molecule has 0 unspecified atom stereocenters. The zero-order valence-electron chi connectivity index (χ0n) is 14.4. The Hall–Kier alpha value is -3.06. The average Bonchev–Trinajstić information content (AvgIpc) is 2.75. The van der Waals surface area contributed by atoms with Gasteiger partial charge in [0.05, 0.1) is 11.4 Å². The SMILES string of the molecule is C[C@H]1CC(=O)Nc2ccccc2N1C(=O)COC(=O)c1cc(Cl)ccc1O. The maximum absolute atomic E-state index is 12.7. The number of fused-ring (bicyclic) bond motifs is 1. The highest BCUT2D eigenvalue weighted by Gasteiger charge is 2.30. The van der Waals surface area contributed by atoms with Crippen LogP contribution in [0.4, 0.5) is 11.4 Å². The molecule has 1 aliphatic rings. The Kier molecular flexibility index (Phi) is 5.32. The molecule has 0 saturated heterocycles. The Balaban J connectivity index is 1.78. The van der Waals surface area contributed by atoms with E-state index < -0.39 is 24.5 Å². The lowest BCUT2D eigenvalue weighted by Gasteiger charge is -2.27. The van der Waals surface area contributed by atoms with Crippen LogP contribution < -0.4 is 10.2 Å². The molecule has 27 heavy (non-hydrogen) atoms. The van der Waals surface area contributed by atoms with Gasteiger partial charge in [0.25, 0.3) is 5.91 Å². The third-order valence-electron chi connectivity index (χ3n) is 4.13. The monoisotopic (exact) mass is 388 g/mol. The third kappa shape index (κ3) is 4.03. The van der Waals surface area contributed by atoms with Gasteiger partial charge in [-0.25, -0.2) is 4.79 Å². The molecule has 8 heteroatoms. The average molecular weight is 389 g/mol. The van der Waals surface area contributed by atoms with E-state index in [1.54, 1.807) is 31.2 Å². The van der Waals surface area contributed by atoms with Gasteiger partial charge in [0, 0.05) is 17.5 Å². The molecule has 0 aliphatic carbocycles. The van der Waals surface area contributed by atoms with Gasteiger partial charge in [0.15, 0.2) is 6.61 Å². The number of phenols is 1. The van der Waals surface area contributed by atoms with Gasteiger partial charge in [0.1, 0.15) is 11.3 Å². The van der Waals surface area contributed by atoms with Crippen molar-refractivity contribution in [3.8, 4) is 5.75 Å². The summed E-state index contributed by atoms with van der Waals surface area (Å²) in [5, 5.41) is 12.8. The lowest BCUT2D eigenvalue weighted by atomic mass is 10.1. The summed E-state index contributed by atoms with van der Waals surface area (Å²) in [6.07, 6.45) is 0.115. The van der Waals surface area contributed by atoms with E-state index in [-0.39, 0.29) is 28.7 Å². The molecule has 0 fully saturated rings. The first-order valence-corrected chi connectivity index (χ1v) is 8.61. The first-order chi connectivity index (χ1) is 12.9. The second-order valence-electron chi connectivity index (χ2n) is 6.12. The molecular formula is C19H17ClN2O5. The molecule has 7 nitrogen and oxygen atoms in total. The number of anilines is 2. The lowest BCUT2D eigenvalue weighted by molar-refractivity contribution is -0.122. The zero-order chi connectivity index (χ0) is 19.6. The van der Waals surface area contributed by atoms with Crippen LogP contribution >= 0.6 is 11.6 Å². The molecule has 1 aliphatic heterocycles. The van der Waals surface area contributed by atoms with Crippen LogP contribution in [-0.2, 0) is 14.3 Å². The minimum absolute atomic E-state index is 0.115. The first-order valence-electron chi connectivity index (χ1n) is 8.23. The summed E-state index contributed by atoms with van der Waals surface area (Å²) in [6, 6.07) is 10.4. The number of nitrogens with one attached hydrogen (secondary N) is 1. The van der Waals surface area contributed by atoms with Crippen LogP contribution in [0.3, 0.4) is 0 Å². The summed E-state index contributed by atoms with van der Waals surface area (Å²) in [5.41, 5.74) is 0.915. The summed E-state index contributed by atoms with van der Waals surface area (Å²) in [5.74, 6) is -1.85. The number of nitrogens with zero attached hydrogens (tertiary/aromatic N) is 1. The number of ether oxygens (including phenoxy) is 1. The third-order valence-corrected chi connectivity index (χ3v) is 4.37. The molecule has 0 radical (unpaired) electrons. The van der Waals surface area contributed by atoms with E-state index in [1.807, 2.05) is 0 Å². The summed E-state index contributed by atoms with van der Waals surface area (Å²) >= 11 is 5.82. The number of para-hydroxylation sites is 2. The minimum Gasteiger partial charge on any atom is -0.507 e. The summed E-state index contributed by atoms with van der Waals surface area (Å²) in [7, 11) is 0. The van der Waals surface area contributed by atoms with Gasteiger partial charge in [-0.1, -0.05) is 23.7 Å². The minimum atomic E-state index is -0.867. The number of phenolic OH excluding ortho intramolecular Hbond substituents is 1. The van der Waals surface area contributed by atoms with E-state index >= 15 is 0 Å². The molecule has 0 saturated carbocycles. The molecule has 0 spiro atoms. The van der Waals surface area contributed by atoms with Crippen LogP contribution in [0.25, 0.3) is 0 Å². The lowest BCUT2D eigenvalue weighted by Crippen LogP contribution is -2.41. The fraction of sp³-hybridized carbons (Fsp3) is 0.211. The van der Waals surface area contributed by atoms with Gasteiger partial charge in [-0.15, -0.1) is 0 Å². The van der Waals surface area contributed by atoms with Crippen molar-refractivity contribution in [3.63, 3.8) is 0 Å². The van der Waals surface area contributed by atoms with Crippen LogP contribution in [0, 0.1) is 0 Å². The normalized spacial score (nSPS) is 16.1. The number of halogens is 1. The maximum Gasteiger partial charge on any atom is 0.342 e. The molecule has 2 N–H and O–H groups in total. The number of hydrogen-bond acceptors (Lipinski definition) is 5. The topological polar surface area (TPSA) is 95.9 Å². The highest BCUT2D eigenvalue weighted by atomic mass is 35.5. The second kappa shape index (κ2) is 7.67. The fourth-order valence-electron chi connectivity index (χ4n) is 2.91.